The van der Waals surface area contributed by atoms with Gasteiger partial charge in [0.25, 0.3) is 10.0 Å². The lowest BCUT2D eigenvalue weighted by Crippen LogP contribution is -2.18. The fraction of sp³-hybridized carbons (Fsp3) is 0.0909. The molecule has 2 aromatic rings. The van der Waals surface area contributed by atoms with Crippen molar-refractivity contribution in [3.05, 3.63) is 40.5 Å². The lowest BCUT2D eigenvalue weighted by molar-refractivity contribution is 0.587. The van der Waals surface area contributed by atoms with Gasteiger partial charge in [-0.05, 0) is 24.6 Å². The van der Waals surface area contributed by atoms with Gasteiger partial charge in [-0.15, -0.1) is 0 Å². The van der Waals surface area contributed by atoms with E-state index in [4.69, 9.17) is 22.0 Å². The molecule has 98 valence electrons. The molecule has 0 amide bonds. The van der Waals surface area contributed by atoms with E-state index in [9.17, 15) is 8.42 Å². The molecule has 2 rings (SSSR count). The van der Waals surface area contributed by atoms with Crippen molar-refractivity contribution < 1.29 is 8.42 Å². The molecule has 0 bridgehead atoms. The second-order valence-electron chi connectivity index (χ2n) is 3.87. The molecule has 6 nitrogen and oxygen atoms in total. The standard InChI is InChI=1S/C11H9ClN4O2S/c1-7-2-3-9(4-10(7)12)16-11(19(14,17)18)8(5-13)6-15-16/h2-4,6H,1H3,(H2,14,17,18). The highest BCUT2D eigenvalue weighted by molar-refractivity contribution is 7.89. The van der Waals surface area contributed by atoms with Crippen LogP contribution in [0.25, 0.3) is 5.69 Å². The Morgan fingerprint density at radius 3 is 2.68 bits per heavy atom. The third-order valence-electron chi connectivity index (χ3n) is 2.52. The van der Waals surface area contributed by atoms with E-state index in [1.165, 1.54) is 0 Å². The highest BCUT2D eigenvalue weighted by Gasteiger charge is 2.22. The van der Waals surface area contributed by atoms with Gasteiger partial charge in [-0.1, -0.05) is 17.7 Å². The van der Waals surface area contributed by atoms with E-state index >= 15 is 0 Å². The highest BCUT2D eigenvalue weighted by Crippen LogP contribution is 2.23. The number of nitrogens with two attached hydrogens (primary N) is 1. The van der Waals surface area contributed by atoms with Crippen LogP contribution in [-0.4, -0.2) is 18.2 Å². The summed E-state index contributed by atoms with van der Waals surface area (Å²) in [6.45, 7) is 1.82. The van der Waals surface area contributed by atoms with Gasteiger partial charge in [0.15, 0.2) is 5.03 Å². The number of hydrogen-bond acceptors (Lipinski definition) is 4. The zero-order valence-electron chi connectivity index (χ0n) is 9.83. The number of benzene rings is 1. The Morgan fingerprint density at radius 1 is 1.47 bits per heavy atom. The molecule has 8 heteroatoms. The minimum atomic E-state index is -4.07. The Bertz CT molecular complexity index is 790. The number of primary sulfonamides is 1. The molecule has 0 fully saturated rings. The smallest absolute Gasteiger partial charge is 0.223 e. The fourth-order valence-electron chi connectivity index (χ4n) is 1.59. The predicted octanol–water partition coefficient (Wildman–Crippen LogP) is 1.35. The van der Waals surface area contributed by atoms with Crippen LogP contribution in [0.2, 0.25) is 5.02 Å². The number of rotatable bonds is 2. The van der Waals surface area contributed by atoms with Crippen LogP contribution in [-0.2, 0) is 10.0 Å². The summed E-state index contributed by atoms with van der Waals surface area (Å²) in [7, 11) is -4.07. The van der Waals surface area contributed by atoms with Crippen molar-refractivity contribution in [2.75, 3.05) is 0 Å². The van der Waals surface area contributed by atoms with Crippen molar-refractivity contribution >= 4 is 21.6 Å². The molecule has 0 aliphatic rings. The Balaban J connectivity index is 2.74. The van der Waals surface area contributed by atoms with Gasteiger partial charge in [-0.3, -0.25) is 0 Å². The van der Waals surface area contributed by atoms with Gasteiger partial charge in [0.05, 0.1) is 11.9 Å². The van der Waals surface area contributed by atoms with Crippen LogP contribution in [0.3, 0.4) is 0 Å². The normalized spacial score (nSPS) is 11.3. The van der Waals surface area contributed by atoms with E-state index < -0.39 is 10.0 Å². The summed E-state index contributed by atoms with van der Waals surface area (Å²) in [5.41, 5.74) is 1.15. The first kappa shape index (κ1) is 13.5. The van der Waals surface area contributed by atoms with Crippen molar-refractivity contribution in [3.8, 4) is 11.8 Å². The second kappa shape index (κ2) is 4.66. The van der Waals surface area contributed by atoms with Crippen molar-refractivity contribution in [2.45, 2.75) is 11.9 Å². The SMILES string of the molecule is Cc1ccc(-n2ncc(C#N)c2S(N)(=O)=O)cc1Cl. The number of aryl methyl sites for hydroxylation is 1. The topological polar surface area (TPSA) is 102 Å². The van der Waals surface area contributed by atoms with Gasteiger partial charge < -0.3 is 0 Å². The first-order valence-corrected chi connectivity index (χ1v) is 7.04. The molecule has 0 radical (unpaired) electrons. The molecule has 0 saturated heterocycles. The number of hydrogen-bond donors (Lipinski definition) is 1. The van der Waals surface area contributed by atoms with E-state index in [1.54, 1.807) is 24.3 Å². The van der Waals surface area contributed by atoms with E-state index in [2.05, 4.69) is 5.10 Å². The minimum absolute atomic E-state index is 0.112. The molecule has 1 aromatic carbocycles. The summed E-state index contributed by atoms with van der Waals surface area (Å²) >= 11 is 5.98. The molecule has 2 N–H and O–H groups in total. The maximum Gasteiger partial charge on any atom is 0.257 e. The van der Waals surface area contributed by atoms with Crippen molar-refractivity contribution in [2.24, 2.45) is 5.14 Å². The second-order valence-corrected chi connectivity index (χ2v) is 5.75. The summed E-state index contributed by atoms with van der Waals surface area (Å²) in [6, 6.07) is 6.66. The van der Waals surface area contributed by atoms with E-state index in [1.807, 2.05) is 6.92 Å². The van der Waals surface area contributed by atoms with Crippen LogP contribution in [0.1, 0.15) is 11.1 Å². The largest absolute Gasteiger partial charge is 0.257 e. The van der Waals surface area contributed by atoms with E-state index in [-0.39, 0.29) is 10.6 Å². The monoisotopic (exact) mass is 296 g/mol. The van der Waals surface area contributed by atoms with Gasteiger partial charge in [0.2, 0.25) is 0 Å². The van der Waals surface area contributed by atoms with Crippen LogP contribution in [0.5, 0.6) is 0 Å². The van der Waals surface area contributed by atoms with Gasteiger partial charge >= 0.3 is 0 Å². The number of sulfonamides is 1. The van der Waals surface area contributed by atoms with Crippen LogP contribution in [0.4, 0.5) is 0 Å². The molecule has 0 aliphatic heterocycles. The first-order chi connectivity index (χ1) is 8.84. The lowest BCUT2D eigenvalue weighted by atomic mass is 10.2. The number of nitrogens with zero attached hydrogens (tertiary/aromatic N) is 3. The number of nitriles is 1. The van der Waals surface area contributed by atoms with Crippen LogP contribution in [0.15, 0.2) is 29.4 Å². The Labute approximate surface area is 115 Å². The molecular formula is C11H9ClN4O2S. The maximum atomic E-state index is 11.6. The Morgan fingerprint density at radius 2 is 2.16 bits per heavy atom. The molecule has 0 spiro atoms. The van der Waals surface area contributed by atoms with Crippen molar-refractivity contribution in [3.63, 3.8) is 0 Å². The minimum Gasteiger partial charge on any atom is -0.223 e. The lowest BCUT2D eigenvalue weighted by Gasteiger charge is -2.07. The summed E-state index contributed by atoms with van der Waals surface area (Å²) in [5, 5.41) is 18.0. The van der Waals surface area contributed by atoms with Gasteiger partial charge in [0, 0.05) is 5.02 Å². The first-order valence-electron chi connectivity index (χ1n) is 5.12. The molecule has 1 heterocycles. The summed E-state index contributed by atoms with van der Waals surface area (Å²) in [4.78, 5) is 0. The average molecular weight is 297 g/mol. The zero-order chi connectivity index (χ0) is 14.2. The summed E-state index contributed by atoms with van der Waals surface area (Å²) in [5.74, 6) is 0. The van der Waals surface area contributed by atoms with Crippen LogP contribution < -0.4 is 5.14 Å². The molecule has 0 saturated carbocycles. The Hall–Kier alpha value is -1.88. The molecule has 1 aromatic heterocycles. The third-order valence-corrected chi connectivity index (χ3v) is 3.85. The predicted molar refractivity (Wildman–Crippen MR) is 69.4 cm³/mol. The van der Waals surface area contributed by atoms with Gasteiger partial charge in [-0.25, -0.2) is 18.2 Å². The van der Waals surface area contributed by atoms with Crippen molar-refractivity contribution in [1.82, 2.24) is 9.78 Å². The maximum absolute atomic E-state index is 11.6. The molecule has 0 aliphatic carbocycles. The number of halogens is 1. The highest BCUT2D eigenvalue weighted by atomic mass is 35.5. The van der Waals surface area contributed by atoms with E-state index in [0.717, 1.165) is 16.4 Å². The van der Waals surface area contributed by atoms with Crippen LogP contribution in [0, 0.1) is 18.3 Å². The van der Waals surface area contributed by atoms with Gasteiger partial charge in [-0.2, -0.15) is 10.4 Å². The summed E-state index contributed by atoms with van der Waals surface area (Å²) in [6.07, 6.45) is 1.15. The number of aromatic nitrogens is 2. The zero-order valence-corrected chi connectivity index (χ0v) is 11.4. The quantitative estimate of drug-likeness (QED) is 0.903. The van der Waals surface area contributed by atoms with Gasteiger partial charge in [0.1, 0.15) is 11.6 Å². The Kier molecular flexibility index (Phi) is 3.32. The molecule has 19 heavy (non-hydrogen) atoms. The van der Waals surface area contributed by atoms with Crippen LogP contribution >= 0.6 is 11.6 Å². The average Bonchev–Trinajstić information content (AvgIpc) is 2.76. The molecule has 0 unspecified atom stereocenters. The summed E-state index contributed by atoms with van der Waals surface area (Å²) < 4.78 is 24.2. The molecular weight excluding hydrogens is 288 g/mol. The van der Waals surface area contributed by atoms with E-state index in [0.29, 0.717) is 10.7 Å². The fourth-order valence-corrected chi connectivity index (χ4v) is 2.56. The third kappa shape index (κ3) is 2.46. The molecule has 0 atom stereocenters. The van der Waals surface area contributed by atoms with Crippen molar-refractivity contribution in [1.29, 1.82) is 5.26 Å².